The van der Waals surface area contributed by atoms with Crippen LogP contribution < -0.4 is 9.62 Å². The molecule has 47 heavy (non-hydrogen) atoms. The Hall–Kier alpha value is -5.03. The van der Waals surface area contributed by atoms with Crippen molar-refractivity contribution in [2.75, 3.05) is 10.8 Å². The van der Waals surface area contributed by atoms with Crippen molar-refractivity contribution < 1.29 is 22.9 Å². The van der Waals surface area contributed by atoms with Crippen LogP contribution in [0.25, 0.3) is 0 Å². The van der Waals surface area contributed by atoms with Crippen LogP contribution in [0.5, 0.6) is 0 Å². The summed E-state index contributed by atoms with van der Waals surface area (Å²) in [5.74, 6) is -0.936. The average Bonchev–Trinajstić information content (AvgIpc) is 3.59. The molecule has 1 aliphatic rings. The van der Waals surface area contributed by atoms with Gasteiger partial charge >= 0.3 is 0 Å². The van der Waals surface area contributed by atoms with E-state index in [0.717, 1.165) is 52.7 Å². The highest BCUT2D eigenvalue weighted by Gasteiger charge is 2.36. The third-order valence-corrected chi connectivity index (χ3v) is 10.1. The maximum atomic E-state index is 14.6. The fraction of sp³-hybridized carbons (Fsp3) is 0.278. The number of sulfonamides is 1. The van der Waals surface area contributed by atoms with E-state index in [1.807, 2.05) is 61.5 Å². The first-order valence-electron chi connectivity index (χ1n) is 15.6. The van der Waals surface area contributed by atoms with E-state index in [-0.39, 0.29) is 41.2 Å². The number of amides is 2. The van der Waals surface area contributed by atoms with Crippen molar-refractivity contribution in [2.24, 2.45) is 0 Å². The van der Waals surface area contributed by atoms with Crippen LogP contribution >= 0.6 is 0 Å². The smallest absolute Gasteiger partial charge is 0.271 e. The SMILES string of the molecule is Cc1cccc(CN(C(=O)CN(c2cccc([N+](=O)[O-])c2)S(=O)(=O)c2ccccc2)C(Cc2ccccc2)C(=O)NC2CCCC2)c1. The Morgan fingerprint density at radius 1 is 0.872 bits per heavy atom. The van der Waals surface area contributed by atoms with Crippen LogP contribution in [-0.2, 0) is 32.6 Å². The van der Waals surface area contributed by atoms with Gasteiger partial charge in [-0.1, -0.05) is 97.3 Å². The Kier molecular flexibility index (Phi) is 10.7. The fourth-order valence-electron chi connectivity index (χ4n) is 5.94. The van der Waals surface area contributed by atoms with Crippen molar-refractivity contribution in [3.05, 3.63) is 136 Å². The van der Waals surface area contributed by atoms with Gasteiger partial charge in [-0.25, -0.2) is 8.42 Å². The predicted molar refractivity (Wildman–Crippen MR) is 180 cm³/mol. The quantitative estimate of drug-likeness (QED) is 0.143. The topological polar surface area (TPSA) is 130 Å². The highest BCUT2D eigenvalue weighted by molar-refractivity contribution is 7.92. The van der Waals surface area contributed by atoms with E-state index >= 15 is 0 Å². The number of hydrogen-bond acceptors (Lipinski definition) is 6. The molecule has 11 heteroatoms. The van der Waals surface area contributed by atoms with Crippen LogP contribution in [0.15, 0.2) is 114 Å². The monoisotopic (exact) mass is 654 g/mol. The molecule has 0 heterocycles. The van der Waals surface area contributed by atoms with E-state index in [4.69, 9.17) is 0 Å². The lowest BCUT2D eigenvalue weighted by molar-refractivity contribution is -0.384. The Bertz CT molecular complexity index is 1810. The zero-order valence-corrected chi connectivity index (χ0v) is 27.0. The number of aryl methyl sites for hydroxylation is 1. The third-order valence-electron chi connectivity index (χ3n) is 8.35. The van der Waals surface area contributed by atoms with Gasteiger partial charge in [0.2, 0.25) is 11.8 Å². The number of benzene rings is 4. The molecule has 0 saturated heterocycles. The van der Waals surface area contributed by atoms with Crippen molar-refractivity contribution >= 4 is 33.2 Å². The number of anilines is 1. The second kappa shape index (κ2) is 15.0. The third kappa shape index (κ3) is 8.42. The van der Waals surface area contributed by atoms with Gasteiger partial charge in [-0.05, 0) is 49.1 Å². The second-order valence-corrected chi connectivity index (χ2v) is 13.7. The lowest BCUT2D eigenvalue weighted by atomic mass is 10.0. The number of non-ortho nitro benzene ring substituents is 1. The molecular weight excluding hydrogens is 616 g/mol. The summed E-state index contributed by atoms with van der Waals surface area (Å²) in [5.41, 5.74) is 2.22. The van der Waals surface area contributed by atoms with Crippen molar-refractivity contribution in [3.63, 3.8) is 0 Å². The highest BCUT2D eigenvalue weighted by Crippen LogP contribution is 2.28. The summed E-state index contributed by atoms with van der Waals surface area (Å²) in [7, 11) is -4.37. The number of nitro groups is 1. The number of nitrogens with one attached hydrogen (secondary N) is 1. The zero-order valence-electron chi connectivity index (χ0n) is 26.2. The molecule has 1 atom stereocenters. The largest absolute Gasteiger partial charge is 0.352 e. The predicted octanol–water partition coefficient (Wildman–Crippen LogP) is 5.80. The van der Waals surface area contributed by atoms with E-state index in [1.165, 1.54) is 35.2 Å². The molecule has 0 aliphatic heterocycles. The van der Waals surface area contributed by atoms with Gasteiger partial charge in [0.15, 0.2) is 0 Å². The van der Waals surface area contributed by atoms with Gasteiger partial charge in [0, 0.05) is 31.1 Å². The van der Waals surface area contributed by atoms with Gasteiger partial charge in [-0.2, -0.15) is 0 Å². The lowest BCUT2D eigenvalue weighted by Crippen LogP contribution is -2.54. The molecule has 0 aromatic heterocycles. The minimum atomic E-state index is -4.37. The van der Waals surface area contributed by atoms with Crippen molar-refractivity contribution in [1.29, 1.82) is 0 Å². The Morgan fingerprint density at radius 2 is 1.51 bits per heavy atom. The molecule has 1 N–H and O–H groups in total. The number of carbonyl (C=O) groups excluding carboxylic acids is 2. The zero-order chi connectivity index (χ0) is 33.4. The van der Waals surface area contributed by atoms with Gasteiger partial charge in [0.25, 0.3) is 15.7 Å². The molecular formula is C36H38N4O6S. The number of rotatable bonds is 13. The molecule has 4 aromatic rings. The number of nitrogens with zero attached hydrogens (tertiary/aromatic N) is 3. The van der Waals surface area contributed by atoms with Crippen LogP contribution in [0.3, 0.4) is 0 Å². The fourth-order valence-corrected chi connectivity index (χ4v) is 7.37. The van der Waals surface area contributed by atoms with Gasteiger partial charge in [-0.15, -0.1) is 0 Å². The minimum Gasteiger partial charge on any atom is -0.352 e. The van der Waals surface area contributed by atoms with Crippen LogP contribution in [0.4, 0.5) is 11.4 Å². The van der Waals surface area contributed by atoms with Crippen LogP contribution in [-0.4, -0.2) is 48.7 Å². The van der Waals surface area contributed by atoms with E-state index in [1.54, 1.807) is 18.2 Å². The molecule has 0 bridgehead atoms. The molecule has 0 radical (unpaired) electrons. The van der Waals surface area contributed by atoms with Crippen LogP contribution in [0.1, 0.15) is 42.4 Å². The number of hydrogen-bond donors (Lipinski definition) is 1. The summed E-state index contributed by atoms with van der Waals surface area (Å²) < 4.78 is 29.1. The summed E-state index contributed by atoms with van der Waals surface area (Å²) in [6.07, 6.45) is 3.93. The van der Waals surface area contributed by atoms with Gasteiger partial charge in [-0.3, -0.25) is 24.0 Å². The maximum Gasteiger partial charge on any atom is 0.271 e. The molecule has 5 rings (SSSR count). The Labute approximate surface area is 275 Å². The normalized spacial score (nSPS) is 13.9. The van der Waals surface area contributed by atoms with Gasteiger partial charge < -0.3 is 10.2 Å². The highest BCUT2D eigenvalue weighted by atomic mass is 32.2. The summed E-state index contributed by atoms with van der Waals surface area (Å²) in [4.78, 5) is 41.1. The first-order valence-corrected chi connectivity index (χ1v) is 17.1. The molecule has 10 nitrogen and oxygen atoms in total. The summed E-state index contributed by atoms with van der Waals surface area (Å²) in [6, 6.07) is 28.8. The first kappa shape index (κ1) is 33.3. The summed E-state index contributed by atoms with van der Waals surface area (Å²) >= 11 is 0. The average molecular weight is 655 g/mol. The Balaban J connectivity index is 1.58. The van der Waals surface area contributed by atoms with Crippen molar-refractivity contribution in [2.45, 2.75) is 62.6 Å². The van der Waals surface area contributed by atoms with E-state index in [9.17, 15) is 28.1 Å². The summed E-state index contributed by atoms with van der Waals surface area (Å²) in [6.45, 7) is 1.29. The minimum absolute atomic E-state index is 0.00322. The van der Waals surface area contributed by atoms with E-state index in [0.29, 0.717) is 0 Å². The molecule has 1 unspecified atom stereocenters. The molecule has 0 spiro atoms. The second-order valence-electron chi connectivity index (χ2n) is 11.8. The van der Waals surface area contributed by atoms with Crippen molar-refractivity contribution in [1.82, 2.24) is 10.2 Å². The standard InChI is InChI=1S/C36H38N4O6S/c1-27-12-10-15-29(22-27)25-38(34(23-28-13-4-2-5-14-28)36(42)37-30-16-8-9-17-30)35(41)26-39(31-18-11-19-32(24-31)40(43)44)47(45,46)33-20-6-3-7-21-33/h2-7,10-15,18-22,24,30,34H,8-9,16-17,23,25-26H2,1H3,(H,37,42). The van der Waals surface area contributed by atoms with Crippen LogP contribution in [0, 0.1) is 17.0 Å². The molecule has 1 saturated carbocycles. The number of carbonyl (C=O) groups is 2. The van der Waals surface area contributed by atoms with Gasteiger partial charge in [0.1, 0.15) is 12.6 Å². The molecule has 1 fully saturated rings. The van der Waals surface area contributed by atoms with Crippen LogP contribution in [0.2, 0.25) is 0 Å². The molecule has 2 amide bonds. The molecule has 1 aliphatic carbocycles. The number of nitro benzene ring substituents is 1. The van der Waals surface area contributed by atoms with E-state index < -0.39 is 33.4 Å². The molecule has 4 aromatic carbocycles. The van der Waals surface area contributed by atoms with Gasteiger partial charge in [0.05, 0.1) is 15.5 Å². The first-order chi connectivity index (χ1) is 22.6. The Morgan fingerprint density at radius 3 is 2.17 bits per heavy atom. The summed E-state index contributed by atoms with van der Waals surface area (Å²) in [5, 5.41) is 14.8. The van der Waals surface area contributed by atoms with E-state index in [2.05, 4.69) is 5.32 Å². The lowest BCUT2D eigenvalue weighted by Gasteiger charge is -2.34. The maximum absolute atomic E-state index is 14.6. The van der Waals surface area contributed by atoms with Crippen molar-refractivity contribution in [3.8, 4) is 0 Å². The molecule has 244 valence electrons.